The van der Waals surface area contributed by atoms with Gasteiger partial charge in [-0.05, 0) is 37.3 Å². The molecule has 0 spiro atoms. The van der Waals surface area contributed by atoms with Gasteiger partial charge in [0.15, 0.2) is 0 Å². The average molecular weight is 375 g/mol. The van der Waals surface area contributed by atoms with Gasteiger partial charge in [-0.15, -0.1) is 0 Å². The average Bonchev–Trinajstić information content (AvgIpc) is 2.70. The number of piperazine rings is 1. The predicted molar refractivity (Wildman–Crippen MR) is 98.3 cm³/mol. The third-order valence-electron chi connectivity index (χ3n) is 4.66. The van der Waals surface area contributed by atoms with Gasteiger partial charge in [-0.25, -0.2) is 9.59 Å². The Morgan fingerprint density at radius 1 is 1.00 bits per heavy atom. The van der Waals surface area contributed by atoms with Gasteiger partial charge in [0.1, 0.15) is 0 Å². The van der Waals surface area contributed by atoms with Crippen LogP contribution >= 0.6 is 0 Å². The second-order valence-corrected chi connectivity index (χ2v) is 6.59. The van der Waals surface area contributed by atoms with E-state index in [1.165, 1.54) is 25.8 Å². The molecule has 1 saturated heterocycles. The Morgan fingerprint density at radius 2 is 1.63 bits per heavy atom. The number of nitrogens with zero attached hydrogens (tertiary/aromatic N) is 3. The van der Waals surface area contributed by atoms with Crippen LogP contribution in [-0.4, -0.2) is 75.6 Å². The van der Waals surface area contributed by atoms with Gasteiger partial charge in [0.05, 0.1) is 0 Å². The molecule has 0 radical (unpaired) electrons. The van der Waals surface area contributed by atoms with E-state index in [1.807, 2.05) is 4.90 Å². The maximum absolute atomic E-state index is 12.4. The van der Waals surface area contributed by atoms with Crippen molar-refractivity contribution in [3.8, 4) is 0 Å². The van der Waals surface area contributed by atoms with Crippen LogP contribution in [-0.2, 0) is 9.59 Å². The minimum absolute atomic E-state index is 0.137. The van der Waals surface area contributed by atoms with Crippen LogP contribution in [0.4, 0.5) is 0 Å². The number of aromatic nitrogens is 1. The van der Waals surface area contributed by atoms with Crippen LogP contribution in [0.25, 0.3) is 0 Å². The van der Waals surface area contributed by atoms with Crippen molar-refractivity contribution in [2.45, 2.75) is 19.3 Å². The number of carbonyl (C=O) groups excluding carboxylic acids is 1. The highest BCUT2D eigenvalue weighted by atomic mass is 16.4. The van der Waals surface area contributed by atoms with E-state index >= 15 is 0 Å². The fourth-order valence-corrected chi connectivity index (χ4v) is 3.20. The summed E-state index contributed by atoms with van der Waals surface area (Å²) in [4.78, 5) is 39.0. The van der Waals surface area contributed by atoms with Crippen LogP contribution in [0.1, 0.15) is 29.6 Å². The number of carboxylic acid groups (broad SMARTS) is 2. The molecule has 1 unspecified atom stereocenters. The van der Waals surface area contributed by atoms with Gasteiger partial charge in [0.2, 0.25) is 0 Å². The molecule has 27 heavy (non-hydrogen) atoms. The molecule has 8 heteroatoms. The standard InChI is InChI=1S/C17H23N3O.C2H2O4/c21-17(16-6-8-18-9-7-16)20-12-10-19(11-13-20)14-15-4-2-1-3-5-15;3-1(4)2(5)6/h1-2,6-9,15H,3-5,10-14H2;(H,3,4)(H,5,6). The second-order valence-electron chi connectivity index (χ2n) is 6.59. The highest BCUT2D eigenvalue weighted by molar-refractivity contribution is 6.27. The lowest BCUT2D eigenvalue weighted by Gasteiger charge is -2.36. The fourth-order valence-electron chi connectivity index (χ4n) is 3.20. The van der Waals surface area contributed by atoms with Crippen molar-refractivity contribution >= 4 is 17.8 Å². The molecule has 0 aromatic carbocycles. The van der Waals surface area contributed by atoms with Crippen molar-refractivity contribution in [2.75, 3.05) is 32.7 Å². The minimum atomic E-state index is -1.82. The maximum atomic E-state index is 12.4. The number of amides is 1. The van der Waals surface area contributed by atoms with Gasteiger partial charge < -0.3 is 15.1 Å². The van der Waals surface area contributed by atoms with Crippen molar-refractivity contribution < 1.29 is 24.6 Å². The van der Waals surface area contributed by atoms with Gasteiger partial charge in [-0.2, -0.15) is 0 Å². The summed E-state index contributed by atoms with van der Waals surface area (Å²) in [5.41, 5.74) is 0.746. The number of rotatable bonds is 3. The lowest BCUT2D eigenvalue weighted by molar-refractivity contribution is -0.159. The highest BCUT2D eigenvalue weighted by Gasteiger charge is 2.23. The van der Waals surface area contributed by atoms with E-state index in [9.17, 15) is 4.79 Å². The molecule has 146 valence electrons. The Morgan fingerprint density at radius 3 is 2.15 bits per heavy atom. The lowest BCUT2D eigenvalue weighted by Crippen LogP contribution is -2.49. The molecule has 3 rings (SSSR count). The van der Waals surface area contributed by atoms with Crippen molar-refractivity contribution in [3.05, 3.63) is 42.2 Å². The topological polar surface area (TPSA) is 111 Å². The molecule has 2 aliphatic rings. The van der Waals surface area contributed by atoms with E-state index < -0.39 is 11.9 Å². The summed E-state index contributed by atoms with van der Waals surface area (Å²) in [6.45, 7) is 4.85. The Labute approximate surface area is 158 Å². The molecule has 0 saturated carbocycles. The molecule has 1 aromatic rings. The Hall–Kier alpha value is -2.74. The summed E-state index contributed by atoms with van der Waals surface area (Å²) in [7, 11) is 0. The zero-order valence-corrected chi connectivity index (χ0v) is 15.2. The molecule has 1 fully saturated rings. The SMILES string of the molecule is O=C(O)C(=O)O.O=C(c1ccncc1)N1CCN(CC2CC=CCC2)CC1. The van der Waals surface area contributed by atoms with Crippen molar-refractivity contribution in [1.29, 1.82) is 0 Å². The van der Waals surface area contributed by atoms with E-state index in [4.69, 9.17) is 19.8 Å². The van der Waals surface area contributed by atoms with Crippen LogP contribution in [0.15, 0.2) is 36.7 Å². The number of carbonyl (C=O) groups is 3. The monoisotopic (exact) mass is 375 g/mol. The first-order valence-electron chi connectivity index (χ1n) is 9.00. The molecular weight excluding hydrogens is 350 g/mol. The summed E-state index contributed by atoms with van der Waals surface area (Å²) in [5, 5.41) is 14.8. The second kappa shape index (κ2) is 10.4. The first kappa shape index (κ1) is 20.6. The Balaban J connectivity index is 0.000000380. The Bertz CT molecular complexity index is 657. The number of carboxylic acids is 2. The molecule has 8 nitrogen and oxygen atoms in total. The van der Waals surface area contributed by atoms with E-state index in [1.54, 1.807) is 24.5 Å². The largest absolute Gasteiger partial charge is 0.473 e. The normalized spacial score (nSPS) is 19.7. The zero-order valence-electron chi connectivity index (χ0n) is 15.2. The predicted octanol–water partition coefficient (Wildman–Crippen LogP) is 1.35. The smallest absolute Gasteiger partial charge is 0.414 e. The zero-order chi connectivity index (χ0) is 19.6. The van der Waals surface area contributed by atoms with Gasteiger partial charge >= 0.3 is 11.9 Å². The molecule has 1 aromatic heterocycles. The lowest BCUT2D eigenvalue weighted by atomic mass is 9.94. The van der Waals surface area contributed by atoms with E-state index in [-0.39, 0.29) is 5.91 Å². The fraction of sp³-hybridized carbons (Fsp3) is 0.474. The van der Waals surface area contributed by atoms with Crippen LogP contribution < -0.4 is 0 Å². The highest BCUT2D eigenvalue weighted by Crippen LogP contribution is 2.20. The number of hydrogen-bond donors (Lipinski definition) is 2. The summed E-state index contributed by atoms with van der Waals surface area (Å²) >= 11 is 0. The summed E-state index contributed by atoms with van der Waals surface area (Å²) in [5.74, 6) is -2.71. The molecule has 1 aliphatic carbocycles. The van der Waals surface area contributed by atoms with Crippen LogP contribution in [0.5, 0.6) is 0 Å². The third-order valence-corrected chi connectivity index (χ3v) is 4.66. The molecular formula is C19H25N3O5. The maximum Gasteiger partial charge on any atom is 0.414 e. The van der Waals surface area contributed by atoms with E-state index in [0.717, 1.165) is 37.7 Å². The number of pyridine rings is 1. The van der Waals surface area contributed by atoms with Crippen molar-refractivity contribution in [1.82, 2.24) is 14.8 Å². The minimum Gasteiger partial charge on any atom is -0.473 e. The van der Waals surface area contributed by atoms with Crippen molar-refractivity contribution in [3.63, 3.8) is 0 Å². The first-order valence-corrected chi connectivity index (χ1v) is 9.00. The first-order chi connectivity index (χ1) is 13.0. The number of aliphatic carboxylic acids is 2. The number of hydrogen-bond acceptors (Lipinski definition) is 5. The quantitative estimate of drug-likeness (QED) is 0.606. The summed E-state index contributed by atoms with van der Waals surface area (Å²) in [6, 6.07) is 3.59. The molecule has 0 bridgehead atoms. The van der Waals surface area contributed by atoms with Crippen LogP contribution in [0.2, 0.25) is 0 Å². The van der Waals surface area contributed by atoms with Gasteiger partial charge in [0.25, 0.3) is 5.91 Å². The van der Waals surface area contributed by atoms with Gasteiger partial charge in [-0.3, -0.25) is 14.7 Å². The third kappa shape index (κ3) is 6.82. The Kier molecular flexibility index (Phi) is 7.94. The molecule has 2 heterocycles. The molecule has 2 N–H and O–H groups in total. The van der Waals surface area contributed by atoms with Gasteiger partial charge in [-0.1, -0.05) is 12.2 Å². The van der Waals surface area contributed by atoms with Crippen LogP contribution in [0.3, 0.4) is 0 Å². The molecule has 1 atom stereocenters. The number of allylic oxidation sites excluding steroid dienone is 2. The molecule has 1 aliphatic heterocycles. The molecule has 1 amide bonds. The van der Waals surface area contributed by atoms with Crippen LogP contribution in [0, 0.1) is 5.92 Å². The van der Waals surface area contributed by atoms with E-state index in [2.05, 4.69) is 22.0 Å². The van der Waals surface area contributed by atoms with Gasteiger partial charge in [0, 0.05) is 50.7 Å². The summed E-state index contributed by atoms with van der Waals surface area (Å²) < 4.78 is 0. The van der Waals surface area contributed by atoms with E-state index in [0.29, 0.717) is 0 Å². The van der Waals surface area contributed by atoms with Crippen molar-refractivity contribution in [2.24, 2.45) is 5.92 Å². The summed E-state index contributed by atoms with van der Waals surface area (Å²) in [6.07, 6.45) is 11.7.